The Morgan fingerprint density at radius 1 is 1.07 bits per heavy atom. The van der Waals surface area contributed by atoms with E-state index in [1.807, 2.05) is 36.4 Å². The van der Waals surface area contributed by atoms with E-state index in [1.54, 1.807) is 32.2 Å². The number of nitrogens with one attached hydrogen (secondary N) is 1. The van der Waals surface area contributed by atoms with E-state index < -0.39 is 22.7 Å². The molecule has 6 nitrogen and oxygen atoms in total. The van der Waals surface area contributed by atoms with Gasteiger partial charge in [0.2, 0.25) is 0 Å². The van der Waals surface area contributed by atoms with Crippen LogP contribution in [0.5, 0.6) is 0 Å². The first-order valence-corrected chi connectivity index (χ1v) is 10.1. The van der Waals surface area contributed by atoms with Gasteiger partial charge in [0.1, 0.15) is 0 Å². The topological polar surface area (TPSA) is 86.7 Å². The Labute approximate surface area is 161 Å². The normalized spacial score (nSPS) is 12.8. The minimum absolute atomic E-state index is 0.113. The van der Waals surface area contributed by atoms with Gasteiger partial charge in [0, 0.05) is 41.6 Å². The summed E-state index contributed by atoms with van der Waals surface area (Å²) >= 11 is 0. The average molecular weight is 388 g/mol. The molecule has 2 amide bonds. The summed E-state index contributed by atoms with van der Waals surface area (Å²) in [5, 5.41) is 11.7. The number of carboxylic acids is 1. The molecule has 7 heteroatoms. The average Bonchev–Trinajstić information content (AvgIpc) is 2.62. The molecule has 2 rings (SSSR count). The van der Waals surface area contributed by atoms with Gasteiger partial charge in [-0.2, -0.15) is 0 Å². The highest BCUT2D eigenvalue weighted by Crippen LogP contribution is 2.15. The number of hydrogen-bond acceptors (Lipinski definition) is 3. The molecule has 0 saturated heterocycles. The number of carbonyl (C=O) groups is 2. The molecular formula is C20H24N2O4S. The van der Waals surface area contributed by atoms with Gasteiger partial charge in [-0.3, -0.25) is 9.00 Å². The van der Waals surface area contributed by atoms with Crippen LogP contribution in [0.25, 0.3) is 0 Å². The number of benzene rings is 2. The van der Waals surface area contributed by atoms with Gasteiger partial charge < -0.3 is 15.3 Å². The van der Waals surface area contributed by atoms with E-state index in [0.29, 0.717) is 17.2 Å². The van der Waals surface area contributed by atoms with E-state index in [1.165, 1.54) is 4.90 Å². The maximum absolute atomic E-state index is 12.4. The molecule has 144 valence electrons. The number of aliphatic carboxylic acids is 1. The quantitative estimate of drug-likeness (QED) is 0.726. The number of anilines is 1. The second-order valence-electron chi connectivity index (χ2n) is 6.46. The molecular weight excluding hydrogens is 364 g/mol. The van der Waals surface area contributed by atoms with Crippen molar-refractivity contribution in [2.75, 3.05) is 18.9 Å². The predicted octanol–water partition coefficient (Wildman–Crippen LogP) is 3.32. The molecule has 2 atom stereocenters. The number of nitrogens with zero attached hydrogens (tertiary/aromatic N) is 1. The largest absolute Gasteiger partial charge is 0.481 e. The summed E-state index contributed by atoms with van der Waals surface area (Å²) in [5.74, 6) is -0.720. The Morgan fingerprint density at radius 3 is 2.37 bits per heavy atom. The monoisotopic (exact) mass is 388 g/mol. The highest BCUT2D eigenvalue weighted by Gasteiger charge is 2.17. The van der Waals surface area contributed by atoms with Gasteiger partial charge in [-0.25, -0.2) is 4.79 Å². The van der Waals surface area contributed by atoms with Crippen LogP contribution in [-0.4, -0.2) is 39.8 Å². The first kappa shape index (κ1) is 20.6. The summed E-state index contributed by atoms with van der Waals surface area (Å²) in [4.78, 5) is 24.4. The molecule has 0 fully saturated rings. The maximum Gasteiger partial charge on any atom is 0.321 e. The molecule has 27 heavy (non-hydrogen) atoms. The Morgan fingerprint density at radius 2 is 1.70 bits per heavy atom. The summed E-state index contributed by atoms with van der Waals surface area (Å²) in [5.41, 5.74) is 2.47. The zero-order chi connectivity index (χ0) is 19.8. The van der Waals surface area contributed by atoms with E-state index in [2.05, 4.69) is 5.32 Å². The smallest absolute Gasteiger partial charge is 0.321 e. The molecule has 0 aliphatic heterocycles. The lowest BCUT2D eigenvalue weighted by Crippen LogP contribution is -2.36. The molecule has 0 radical (unpaired) electrons. The highest BCUT2D eigenvalue weighted by atomic mass is 32.2. The Kier molecular flexibility index (Phi) is 7.55. The van der Waals surface area contributed by atoms with Crippen LogP contribution in [-0.2, 0) is 27.1 Å². The maximum atomic E-state index is 12.4. The van der Waals surface area contributed by atoms with Crippen molar-refractivity contribution in [3.63, 3.8) is 0 Å². The molecule has 0 bridgehead atoms. The zero-order valence-electron chi connectivity index (χ0n) is 15.4. The van der Waals surface area contributed by atoms with Crippen LogP contribution in [0, 0.1) is 5.92 Å². The van der Waals surface area contributed by atoms with Crippen molar-refractivity contribution in [3.8, 4) is 0 Å². The third-order valence-electron chi connectivity index (χ3n) is 3.99. The second kappa shape index (κ2) is 9.87. The lowest BCUT2D eigenvalue weighted by atomic mass is 10.2. The van der Waals surface area contributed by atoms with Crippen LogP contribution in [0.2, 0.25) is 0 Å². The zero-order valence-corrected chi connectivity index (χ0v) is 16.2. The van der Waals surface area contributed by atoms with E-state index in [4.69, 9.17) is 5.11 Å². The number of urea groups is 1. The van der Waals surface area contributed by atoms with E-state index in [9.17, 15) is 13.8 Å². The molecule has 0 saturated carbocycles. The van der Waals surface area contributed by atoms with Gasteiger partial charge in [0.05, 0.1) is 5.92 Å². The number of hydrogen-bond donors (Lipinski definition) is 2. The first-order chi connectivity index (χ1) is 12.8. The Balaban J connectivity index is 1.93. The predicted molar refractivity (Wildman–Crippen MR) is 107 cm³/mol. The van der Waals surface area contributed by atoms with Crippen molar-refractivity contribution in [3.05, 3.63) is 65.7 Å². The molecule has 2 unspecified atom stereocenters. The van der Waals surface area contributed by atoms with E-state index in [-0.39, 0.29) is 12.6 Å². The van der Waals surface area contributed by atoms with Gasteiger partial charge >= 0.3 is 12.0 Å². The third-order valence-corrected chi connectivity index (χ3v) is 5.30. The summed E-state index contributed by atoms with van der Waals surface area (Å²) in [6.45, 7) is 1.66. The molecule has 0 heterocycles. The first-order valence-electron chi connectivity index (χ1n) is 8.58. The van der Waals surface area contributed by atoms with Crippen molar-refractivity contribution < 1.29 is 18.9 Å². The third kappa shape index (κ3) is 6.86. The number of carboxylic acid groups (broad SMARTS) is 1. The van der Waals surface area contributed by atoms with Gasteiger partial charge in [0.15, 0.2) is 0 Å². The fraction of sp³-hybridized carbons (Fsp3) is 0.300. The van der Waals surface area contributed by atoms with Crippen LogP contribution >= 0.6 is 0 Å². The fourth-order valence-corrected chi connectivity index (χ4v) is 3.74. The van der Waals surface area contributed by atoms with Crippen LogP contribution in [0.15, 0.2) is 54.6 Å². The Hall–Kier alpha value is -2.67. The molecule has 0 aliphatic rings. The van der Waals surface area contributed by atoms with Crippen molar-refractivity contribution in [1.82, 2.24) is 4.90 Å². The summed E-state index contributed by atoms with van der Waals surface area (Å²) < 4.78 is 12.4. The second-order valence-corrected chi connectivity index (χ2v) is 7.92. The van der Waals surface area contributed by atoms with Gasteiger partial charge in [-0.05, 0) is 23.3 Å². The highest BCUT2D eigenvalue weighted by molar-refractivity contribution is 7.83. The molecule has 2 aromatic carbocycles. The number of rotatable bonds is 8. The number of amides is 2. The van der Waals surface area contributed by atoms with Gasteiger partial charge in [-0.15, -0.1) is 0 Å². The molecule has 2 N–H and O–H groups in total. The van der Waals surface area contributed by atoms with E-state index >= 15 is 0 Å². The summed E-state index contributed by atoms with van der Waals surface area (Å²) in [6.07, 6.45) is 0. The lowest BCUT2D eigenvalue weighted by molar-refractivity contribution is -0.141. The van der Waals surface area contributed by atoms with Crippen molar-refractivity contribution in [1.29, 1.82) is 0 Å². The van der Waals surface area contributed by atoms with Crippen LogP contribution < -0.4 is 5.32 Å². The Bertz CT molecular complexity index is 811. The summed E-state index contributed by atoms with van der Waals surface area (Å²) in [7, 11) is 0.496. The van der Waals surface area contributed by atoms with Crippen molar-refractivity contribution in [2.24, 2.45) is 5.92 Å². The molecule has 0 aromatic heterocycles. The van der Waals surface area contributed by atoms with Crippen LogP contribution in [0.4, 0.5) is 10.5 Å². The van der Waals surface area contributed by atoms with Crippen molar-refractivity contribution in [2.45, 2.75) is 18.4 Å². The lowest BCUT2D eigenvalue weighted by Gasteiger charge is -2.20. The van der Waals surface area contributed by atoms with Gasteiger partial charge in [-0.1, -0.05) is 49.4 Å². The standard InChI is InChI=1S/C20H24N2O4S/c1-15(19(23)24)12-22(2)20(25)21-18-10-6-9-17(11-18)14-27(26)13-16-7-4-3-5-8-16/h3-11,15H,12-14H2,1-2H3,(H,21,25)(H,23,24). The van der Waals surface area contributed by atoms with Crippen molar-refractivity contribution >= 4 is 28.5 Å². The van der Waals surface area contributed by atoms with E-state index in [0.717, 1.165) is 11.1 Å². The SMILES string of the molecule is CC(CN(C)C(=O)Nc1cccc(CS(=O)Cc2ccccc2)c1)C(=O)O. The fourth-order valence-electron chi connectivity index (χ4n) is 2.53. The summed E-state index contributed by atoms with van der Waals surface area (Å²) in [6, 6.07) is 16.5. The minimum Gasteiger partial charge on any atom is -0.481 e. The minimum atomic E-state index is -1.05. The number of carbonyl (C=O) groups excluding carboxylic acids is 1. The molecule has 2 aromatic rings. The molecule has 0 aliphatic carbocycles. The van der Waals surface area contributed by atoms with Crippen LogP contribution in [0.3, 0.4) is 0 Å². The molecule has 0 spiro atoms. The van der Waals surface area contributed by atoms with Gasteiger partial charge in [0.25, 0.3) is 0 Å². The van der Waals surface area contributed by atoms with Crippen LogP contribution in [0.1, 0.15) is 18.1 Å².